The number of hydrogen-bond donors (Lipinski definition) is 1. The summed E-state index contributed by atoms with van der Waals surface area (Å²) in [5, 5.41) is 3.21. The van der Waals surface area contributed by atoms with E-state index in [4.69, 9.17) is 16.3 Å². The first-order valence-electron chi connectivity index (χ1n) is 6.40. The Morgan fingerprint density at radius 1 is 1.40 bits per heavy atom. The molecular weight excluding hydrogens is 300 g/mol. The number of hydrogen-bond acceptors (Lipinski definition) is 4. The van der Waals surface area contributed by atoms with Crippen LogP contribution in [0.25, 0.3) is 0 Å². The molecule has 1 aromatic carbocycles. The van der Waals surface area contributed by atoms with Crippen LogP contribution in [0.3, 0.4) is 0 Å². The summed E-state index contributed by atoms with van der Waals surface area (Å²) in [5.74, 6) is 0. The fraction of sp³-hybridized carbons (Fsp3) is 0.538. The highest BCUT2D eigenvalue weighted by Crippen LogP contribution is 2.25. The Morgan fingerprint density at radius 2 is 2.10 bits per heavy atom. The van der Waals surface area contributed by atoms with Gasteiger partial charge in [0.25, 0.3) is 0 Å². The highest BCUT2D eigenvalue weighted by atomic mass is 35.5. The van der Waals surface area contributed by atoms with Gasteiger partial charge in [-0.1, -0.05) is 17.7 Å². The maximum atomic E-state index is 12.5. The summed E-state index contributed by atoms with van der Waals surface area (Å²) in [5.41, 5.74) is 0.869. The third-order valence-electron chi connectivity index (χ3n) is 2.82. The van der Waals surface area contributed by atoms with E-state index in [2.05, 4.69) is 5.32 Å². The summed E-state index contributed by atoms with van der Waals surface area (Å²) in [6, 6.07) is 5.01. The first-order chi connectivity index (χ1) is 9.43. The number of likely N-dealkylation sites (N-methyl/N-ethyl adjacent to an activating group) is 1. The van der Waals surface area contributed by atoms with E-state index >= 15 is 0 Å². The largest absolute Gasteiger partial charge is 0.380 e. The van der Waals surface area contributed by atoms with Gasteiger partial charge in [-0.2, -0.15) is 4.31 Å². The molecule has 5 nitrogen and oxygen atoms in total. The lowest BCUT2D eigenvalue weighted by molar-refractivity contribution is 0.138. The van der Waals surface area contributed by atoms with Crippen molar-refractivity contribution in [3.63, 3.8) is 0 Å². The molecule has 1 rings (SSSR count). The number of halogens is 1. The van der Waals surface area contributed by atoms with Gasteiger partial charge in [-0.15, -0.1) is 0 Å². The molecule has 0 unspecified atom stereocenters. The Kier molecular flexibility index (Phi) is 6.91. The van der Waals surface area contributed by atoms with Crippen LogP contribution in [0.5, 0.6) is 0 Å². The standard InChI is InChI=1S/C13H21ClN2O3S/c1-4-19-8-7-16(3)20(17,18)13-9-11(10-15-2)5-6-12(13)14/h5-6,9,15H,4,7-8,10H2,1-3H3. The molecule has 0 aliphatic carbocycles. The Labute approximate surface area is 125 Å². The second-order valence-electron chi connectivity index (χ2n) is 4.32. The van der Waals surface area contributed by atoms with Crippen LogP contribution in [0.4, 0.5) is 0 Å². The quantitative estimate of drug-likeness (QED) is 0.741. The monoisotopic (exact) mass is 320 g/mol. The normalized spacial score (nSPS) is 12.1. The molecule has 0 aromatic heterocycles. The number of benzene rings is 1. The fourth-order valence-electron chi connectivity index (χ4n) is 1.69. The van der Waals surface area contributed by atoms with Crippen molar-refractivity contribution in [1.29, 1.82) is 0 Å². The van der Waals surface area contributed by atoms with E-state index in [9.17, 15) is 8.42 Å². The Bertz CT molecular complexity index is 534. The summed E-state index contributed by atoms with van der Waals surface area (Å²) in [6.45, 7) is 3.67. The average Bonchev–Trinajstić information content (AvgIpc) is 2.41. The fourth-order valence-corrected chi connectivity index (χ4v) is 3.36. The van der Waals surface area contributed by atoms with Crippen molar-refractivity contribution in [2.24, 2.45) is 0 Å². The molecule has 0 spiro atoms. The van der Waals surface area contributed by atoms with Gasteiger partial charge in [-0.05, 0) is 31.7 Å². The van der Waals surface area contributed by atoms with Crippen LogP contribution in [0.2, 0.25) is 5.02 Å². The van der Waals surface area contributed by atoms with Crippen LogP contribution < -0.4 is 5.32 Å². The zero-order chi connectivity index (χ0) is 15.2. The van der Waals surface area contributed by atoms with Crippen LogP contribution in [-0.4, -0.2) is 46.6 Å². The molecule has 0 aliphatic rings. The van der Waals surface area contributed by atoms with Gasteiger partial charge in [0, 0.05) is 26.7 Å². The van der Waals surface area contributed by atoms with Crippen molar-refractivity contribution in [2.45, 2.75) is 18.4 Å². The lowest BCUT2D eigenvalue weighted by atomic mass is 10.2. The van der Waals surface area contributed by atoms with Crippen molar-refractivity contribution >= 4 is 21.6 Å². The number of ether oxygens (including phenoxy) is 1. The predicted molar refractivity (Wildman–Crippen MR) is 80.5 cm³/mol. The molecule has 0 aliphatic heterocycles. The van der Waals surface area contributed by atoms with Crippen LogP contribution in [0.1, 0.15) is 12.5 Å². The first-order valence-corrected chi connectivity index (χ1v) is 8.22. The molecule has 20 heavy (non-hydrogen) atoms. The zero-order valence-electron chi connectivity index (χ0n) is 12.0. The Balaban J connectivity index is 2.98. The molecule has 7 heteroatoms. The van der Waals surface area contributed by atoms with E-state index < -0.39 is 10.0 Å². The van der Waals surface area contributed by atoms with Gasteiger partial charge in [0.2, 0.25) is 10.0 Å². The molecule has 0 atom stereocenters. The molecule has 0 saturated carbocycles. The van der Waals surface area contributed by atoms with Crippen LogP contribution in [-0.2, 0) is 21.3 Å². The third kappa shape index (κ3) is 4.43. The Hall–Kier alpha value is -0.660. The van der Waals surface area contributed by atoms with Crippen molar-refractivity contribution in [2.75, 3.05) is 33.9 Å². The second-order valence-corrected chi connectivity index (χ2v) is 6.74. The molecule has 0 bridgehead atoms. The molecule has 0 amide bonds. The minimum atomic E-state index is -3.60. The van der Waals surface area contributed by atoms with Crippen LogP contribution in [0, 0.1) is 0 Å². The SMILES string of the molecule is CCOCCN(C)S(=O)(=O)c1cc(CNC)ccc1Cl. The van der Waals surface area contributed by atoms with E-state index in [1.165, 1.54) is 11.4 Å². The van der Waals surface area contributed by atoms with Gasteiger partial charge in [0.05, 0.1) is 11.6 Å². The van der Waals surface area contributed by atoms with Gasteiger partial charge in [-0.25, -0.2) is 8.42 Å². The van der Waals surface area contributed by atoms with Gasteiger partial charge >= 0.3 is 0 Å². The summed E-state index contributed by atoms with van der Waals surface area (Å²) in [6.07, 6.45) is 0. The van der Waals surface area contributed by atoms with Crippen molar-refractivity contribution < 1.29 is 13.2 Å². The topological polar surface area (TPSA) is 58.6 Å². The summed E-state index contributed by atoms with van der Waals surface area (Å²) in [7, 11) is -0.272. The van der Waals surface area contributed by atoms with Crippen molar-refractivity contribution in [3.05, 3.63) is 28.8 Å². The van der Waals surface area contributed by atoms with Gasteiger partial charge < -0.3 is 10.1 Å². The summed E-state index contributed by atoms with van der Waals surface area (Å²) >= 11 is 6.03. The molecule has 1 aromatic rings. The minimum Gasteiger partial charge on any atom is -0.380 e. The molecule has 0 saturated heterocycles. The maximum absolute atomic E-state index is 12.5. The van der Waals surface area contributed by atoms with E-state index in [-0.39, 0.29) is 9.92 Å². The molecule has 0 fully saturated rings. The highest BCUT2D eigenvalue weighted by molar-refractivity contribution is 7.89. The van der Waals surface area contributed by atoms with E-state index in [1.807, 2.05) is 6.92 Å². The number of sulfonamides is 1. The molecule has 114 valence electrons. The Morgan fingerprint density at radius 3 is 2.70 bits per heavy atom. The maximum Gasteiger partial charge on any atom is 0.244 e. The highest BCUT2D eigenvalue weighted by Gasteiger charge is 2.23. The second kappa shape index (κ2) is 7.95. The molecular formula is C13H21ClN2O3S. The zero-order valence-corrected chi connectivity index (χ0v) is 13.6. The lowest BCUT2D eigenvalue weighted by Crippen LogP contribution is -2.30. The molecule has 1 N–H and O–H groups in total. The molecule has 0 radical (unpaired) electrons. The van der Waals surface area contributed by atoms with E-state index in [0.717, 1.165) is 5.56 Å². The minimum absolute atomic E-state index is 0.130. The average molecular weight is 321 g/mol. The van der Waals surface area contributed by atoms with Gasteiger partial charge in [-0.3, -0.25) is 0 Å². The third-order valence-corrected chi connectivity index (χ3v) is 5.16. The first kappa shape index (κ1) is 17.4. The lowest BCUT2D eigenvalue weighted by Gasteiger charge is -2.18. The number of nitrogens with zero attached hydrogens (tertiary/aromatic N) is 1. The van der Waals surface area contributed by atoms with E-state index in [0.29, 0.717) is 26.3 Å². The smallest absolute Gasteiger partial charge is 0.244 e. The van der Waals surface area contributed by atoms with E-state index in [1.54, 1.807) is 25.2 Å². The number of rotatable bonds is 8. The van der Waals surface area contributed by atoms with Crippen LogP contribution >= 0.6 is 11.6 Å². The van der Waals surface area contributed by atoms with Crippen molar-refractivity contribution in [3.8, 4) is 0 Å². The molecule has 0 heterocycles. The van der Waals surface area contributed by atoms with Gasteiger partial charge in [0.15, 0.2) is 0 Å². The van der Waals surface area contributed by atoms with Crippen molar-refractivity contribution in [1.82, 2.24) is 9.62 Å². The van der Waals surface area contributed by atoms with Crippen LogP contribution in [0.15, 0.2) is 23.1 Å². The predicted octanol–water partition coefficient (Wildman–Crippen LogP) is 1.72. The summed E-state index contributed by atoms with van der Waals surface area (Å²) < 4.78 is 31.4. The summed E-state index contributed by atoms with van der Waals surface area (Å²) in [4.78, 5) is 0.130. The number of nitrogens with one attached hydrogen (secondary N) is 1. The van der Waals surface area contributed by atoms with Gasteiger partial charge in [0.1, 0.15) is 4.90 Å².